The van der Waals surface area contributed by atoms with Crippen molar-refractivity contribution in [2.45, 2.75) is 25.3 Å². The monoisotopic (exact) mass is 351 g/mol. The van der Waals surface area contributed by atoms with Gasteiger partial charge in [-0.3, -0.25) is 4.79 Å². The topological polar surface area (TPSA) is 29.1 Å². The van der Waals surface area contributed by atoms with Gasteiger partial charge in [0.15, 0.2) is 0 Å². The van der Waals surface area contributed by atoms with E-state index in [9.17, 15) is 9.18 Å². The smallest absolute Gasteiger partial charge is 0.262 e. The third-order valence-corrected chi connectivity index (χ3v) is 5.62. The maximum atomic E-state index is 13.1. The molecule has 3 aromatic rings. The van der Waals surface area contributed by atoms with Gasteiger partial charge in [0.25, 0.3) is 5.91 Å². The number of nitrogens with one attached hydrogen (secondary N) is 1. The second kappa shape index (κ2) is 6.81. The zero-order chi connectivity index (χ0) is 17.2. The fourth-order valence-electron chi connectivity index (χ4n) is 3.41. The summed E-state index contributed by atoms with van der Waals surface area (Å²) in [5, 5.41) is 5.09. The van der Waals surface area contributed by atoms with Crippen LogP contribution in [0.15, 0.2) is 60.0 Å². The van der Waals surface area contributed by atoms with Crippen LogP contribution in [0, 0.1) is 5.82 Å². The molecule has 0 fully saturated rings. The Kier molecular flexibility index (Phi) is 4.36. The van der Waals surface area contributed by atoms with Crippen molar-refractivity contribution in [2.24, 2.45) is 0 Å². The summed E-state index contributed by atoms with van der Waals surface area (Å²) in [5.41, 5.74) is 4.43. The number of amides is 1. The van der Waals surface area contributed by atoms with Crippen LogP contribution >= 0.6 is 11.3 Å². The normalized spacial score (nSPS) is 16.3. The van der Waals surface area contributed by atoms with Crippen LogP contribution in [0.2, 0.25) is 0 Å². The van der Waals surface area contributed by atoms with Crippen LogP contribution in [0.1, 0.15) is 27.2 Å². The van der Waals surface area contributed by atoms with Crippen molar-refractivity contribution in [2.75, 3.05) is 0 Å². The van der Waals surface area contributed by atoms with E-state index in [1.165, 1.54) is 34.6 Å². The van der Waals surface area contributed by atoms with Crippen LogP contribution in [0.4, 0.5) is 4.39 Å². The Morgan fingerprint density at radius 2 is 1.80 bits per heavy atom. The van der Waals surface area contributed by atoms with Gasteiger partial charge in [-0.15, -0.1) is 11.3 Å². The minimum atomic E-state index is -0.272. The first-order valence-electron chi connectivity index (χ1n) is 8.42. The zero-order valence-electron chi connectivity index (χ0n) is 13.7. The first kappa shape index (κ1) is 16.0. The quantitative estimate of drug-likeness (QED) is 0.719. The number of carbonyl (C=O) groups excluding carboxylic acids is 1. The van der Waals surface area contributed by atoms with E-state index in [-0.39, 0.29) is 17.8 Å². The Bertz CT molecular complexity index is 900. The van der Waals surface area contributed by atoms with Gasteiger partial charge in [0, 0.05) is 11.6 Å². The second-order valence-corrected chi connectivity index (χ2v) is 7.27. The predicted molar refractivity (Wildman–Crippen MR) is 99.4 cm³/mol. The van der Waals surface area contributed by atoms with Crippen LogP contribution in [-0.4, -0.2) is 11.9 Å². The summed E-state index contributed by atoms with van der Waals surface area (Å²) >= 11 is 1.43. The lowest BCUT2D eigenvalue weighted by atomic mass is 9.88. The molecule has 4 rings (SSSR count). The molecular weight excluding hydrogens is 333 g/mol. The van der Waals surface area contributed by atoms with E-state index in [1.54, 1.807) is 12.1 Å². The SMILES string of the molecule is O=C(N[C@@H]1CCc2ccccc2C1)c1sccc1-c1ccc(F)cc1. The summed E-state index contributed by atoms with van der Waals surface area (Å²) in [4.78, 5) is 13.5. The van der Waals surface area contributed by atoms with Crippen LogP contribution < -0.4 is 5.32 Å². The summed E-state index contributed by atoms with van der Waals surface area (Å²) in [7, 11) is 0. The molecule has 1 amide bonds. The molecular formula is C21H18FNOS. The van der Waals surface area contributed by atoms with Gasteiger partial charge in [0.05, 0.1) is 4.88 Å². The number of carbonyl (C=O) groups is 1. The summed E-state index contributed by atoms with van der Waals surface area (Å²) in [6, 6.07) is 16.8. The molecule has 1 N–H and O–H groups in total. The first-order chi connectivity index (χ1) is 12.2. The van der Waals surface area contributed by atoms with Crippen molar-refractivity contribution in [3.05, 3.63) is 81.8 Å². The molecule has 0 bridgehead atoms. The molecule has 1 atom stereocenters. The van der Waals surface area contributed by atoms with Crippen LogP contribution in [0.25, 0.3) is 11.1 Å². The highest BCUT2D eigenvalue weighted by atomic mass is 32.1. The van der Waals surface area contributed by atoms with E-state index in [0.29, 0.717) is 4.88 Å². The summed E-state index contributed by atoms with van der Waals surface area (Å²) in [5.74, 6) is -0.315. The third kappa shape index (κ3) is 3.35. The van der Waals surface area contributed by atoms with Gasteiger partial charge < -0.3 is 5.32 Å². The lowest BCUT2D eigenvalue weighted by Gasteiger charge is -2.25. The Morgan fingerprint density at radius 3 is 2.60 bits per heavy atom. The van der Waals surface area contributed by atoms with Gasteiger partial charge in [-0.05, 0) is 59.5 Å². The Balaban J connectivity index is 1.51. The zero-order valence-corrected chi connectivity index (χ0v) is 14.5. The average Bonchev–Trinajstić information content (AvgIpc) is 3.12. The van der Waals surface area contributed by atoms with E-state index >= 15 is 0 Å². The lowest BCUT2D eigenvalue weighted by Crippen LogP contribution is -2.38. The predicted octanol–water partition coefficient (Wildman–Crippen LogP) is 4.84. The van der Waals surface area contributed by atoms with Crippen molar-refractivity contribution >= 4 is 17.2 Å². The van der Waals surface area contributed by atoms with E-state index < -0.39 is 0 Å². The molecule has 126 valence electrons. The average molecular weight is 351 g/mol. The molecule has 0 saturated heterocycles. The molecule has 0 spiro atoms. The van der Waals surface area contributed by atoms with Gasteiger partial charge in [0.2, 0.25) is 0 Å². The minimum absolute atomic E-state index is 0.0429. The molecule has 1 aliphatic rings. The molecule has 0 unspecified atom stereocenters. The lowest BCUT2D eigenvalue weighted by molar-refractivity contribution is 0.0938. The van der Waals surface area contributed by atoms with E-state index in [1.807, 2.05) is 11.4 Å². The van der Waals surface area contributed by atoms with E-state index in [0.717, 1.165) is 30.4 Å². The Hall–Kier alpha value is -2.46. The van der Waals surface area contributed by atoms with Gasteiger partial charge in [-0.1, -0.05) is 36.4 Å². The highest BCUT2D eigenvalue weighted by molar-refractivity contribution is 7.12. The van der Waals surface area contributed by atoms with Gasteiger partial charge in [0.1, 0.15) is 5.82 Å². The Labute approximate surface area is 150 Å². The molecule has 2 aromatic carbocycles. The molecule has 25 heavy (non-hydrogen) atoms. The maximum Gasteiger partial charge on any atom is 0.262 e. The fourth-order valence-corrected chi connectivity index (χ4v) is 4.23. The second-order valence-electron chi connectivity index (χ2n) is 6.35. The van der Waals surface area contributed by atoms with Crippen molar-refractivity contribution in [3.8, 4) is 11.1 Å². The van der Waals surface area contributed by atoms with Crippen LogP contribution in [0.5, 0.6) is 0 Å². The molecule has 0 aliphatic heterocycles. The highest BCUT2D eigenvalue weighted by Crippen LogP contribution is 2.29. The number of benzene rings is 2. The van der Waals surface area contributed by atoms with Gasteiger partial charge in [-0.25, -0.2) is 4.39 Å². The number of halogens is 1. The minimum Gasteiger partial charge on any atom is -0.348 e. The van der Waals surface area contributed by atoms with E-state index in [4.69, 9.17) is 0 Å². The van der Waals surface area contributed by atoms with Crippen molar-refractivity contribution in [1.82, 2.24) is 5.32 Å². The highest BCUT2D eigenvalue weighted by Gasteiger charge is 2.22. The number of hydrogen-bond acceptors (Lipinski definition) is 2. The standard InChI is InChI=1S/C21H18FNOS/c22-17-8-5-15(6-9-17)19-11-12-25-20(19)21(24)23-18-10-7-14-3-1-2-4-16(14)13-18/h1-6,8-9,11-12,18H,7,10,13H2,(H,23,24)/t18-/m1/s1. The summed E-state index contributed by atoms with van der Waals surface area (Å²) in [6.45, 7) is 0. The van der Waals surface area contributed by atoms with Crippen molar-refractivity contribution in [1.29, 1.82) is 0 Å². The summed E-state index contributed by atoms with van der Waals surface area (Å²) in [6.07, 6.45) is 2.83. The third-order valence-electron chi connectivity index (χ3n) is 4.71. The molecule has 2 nitrogen and oxygen atoms in total. The number of thiophene rings is 1. The molecule has 1 heterocycles. The number of aryl methyl sites for hydroxylation is 1. The summed E-state index contributed by atoms with van der Waals surface area (Å²) < 4.78 is 13.1. The first-order valence-corrected chi connectivity index (χ1v) is 9.30. The van der Waals surface area contributed by atoms with Crippen LogP contribution in [0.3, 0.4) is 0 Å². The molecule has 0 radical (unpaired) electrons. The van der Waals surface area contributed by atoms with Crippen LogP contribution in [-0.2, 0) is 12.8 Å². The largest absolute Gasteiger partial charge is 0.348 e. The molecule has 1 aromatic heterocycles. The van der Waals surface area contributed by atoms with Gasteiger partial charge >= 0.3 is 0 Å². The number of rotatable bonds is 3. The number of hydrogen-bond donors (Lipinski definition) is 1. The van der Waals surface area contributed by atoms with Gasteiger partial charge in [-0.2, -0.15) is 0 Å². The maximum absolute atomic E-state index is 13.1. The van der Waals surface area contributed by atoms with Crippen molar-refractivity contribution in [3.63, 3.8) is 0 Å². The molecule has 0 saturated carbocycles. The number of fused-ring (bicyclic) bond motifs is 1. The van der Waals surface area contributed by atoms with Crippen molar-refractivity contribution < 1.29 is 9.18 Å². The van der Waals surface area contributed by atoms with E-state index in [2.05, 4.69) is 29.6 Å². The molecule has 4 heteroatoms. The molecule has 1 aliphatic carbocycles. The fraction of sp³-hybridized carbons (Fsp3) is 0.190. The Morgan fingerprint density at radius 1 is 1.04 bits per heavy atom.